The second-order valence-electron chi connectivity index (χ2n) is 4.95. The summed E-state index contributed by atoms with van der Waals surface area (Å²) in [7, 11) is 0. The van der Waals surface area contributed by atoms with Gasteiger partial charge in [0, 0.05) is 12.1 Å². The lowest BCUT2D eigenvalue weighted by Crippen LogP contribution is -2.18. The lowest BCUT2D eigenvalue weighted by Gasteiger charge is -2.13. The van der Waals surface area contributed by atoms with E-state index in [1.165, 1.54) is 0 Å². The standard InChI is InChI=1S/C17H15NO2/c19-17(20)14-11-15(12-7-3-1-4-8-12)18-16(14)13-9-5-2-6-10-13/h1-10,14,16H,11H2,(H,19,20)/t14?,16-/m1/s1. The Kier molecular flexibility index (Phi) is 3.33. The number of nitrogens with zero attached hydrogens (tertiary/aromatic N) is 1. The van der Waals surface area contributed by atoms with Crippen LogP contribution < -0.4 is 0 Å². The predicted octanol–water partition coefficient (Wildman–Crippen LogP) is 3.32. The molecule has 2 aromatic carbocycles. The van der Waals surface area contributed by atoms with Crippen LogP contribution in [0.5, 0.6) is 0 Å². The second-order valence-corrected chi connectivity index (χ2v) is 4.95. The van der Waals surface area contributed by atoms with Gasteiger partial charge in [-0.1, -0.05) is 60.7 Å². The van der Waals surface area contributed by atoms with E-state index in [0.717, 1.165) is 16.8 Å². The highest BCUT2D eigenvalue weighted by Gasteiger charge is 2.35. The second kappa shape index (κ2) is 5.29. The molecule has 0 aromatic heterocycles. The van der Waals surface area contributed by atoms with Crippen LogP contribution in [0.25, 0.3) is 0 Å². The number of aliphatic carboxylic acids is 1. The molecule has 0 aliphatic carbocycles. The van der Waals surface area contributed by atoms with Crippen LogP contribution in [0.15, 0.2) is 65.7 Å². The number of aliphatic imine (C=N–C) groups is 1. The zero-order chi connectivity index (χ0) is 13.9. The first-order valence-electron chi connectivity index (χ1n) is 6.65. The van der Waals surface area contributed by atoms with Crippen molar-refractivity contribution in [3.63, 3.8) is 0 Å². The molecule has 20 heavy (non-hydrogen) atoms. The van der Waals surface area contributed by atoms with Crippen LogP contribution in [0.3, 0.4) is 0 Å². The smallest absolute Gasteiger partial charge is 0.309 e. The van der Waals surface area contributed by atoms with E-state index in [2.05, 4.69) is 4.99 Å². The molecule has 3 heteroatoms. The third-order valence-corrected chi connectivity index (χ3v) is 3.65. The first kappa shape index (κ1) is 12.6. The summed E-state index contributed by atoms with van der Waals surface area (Å²) in [4.78, 5) is 16.2. The highest BCUT2D eigenvalue weighted by molar-refractivity contribution is 6.04. The summed E-state index contributed by atoms with van der Waals surface area (Å²) in [6.45, 7) is 0. The van der Waals surface area contributed by atoms with E-state index in [1.54, 1.807) is 0 Å². The van der Waals surface area contributed by atoms with E-state index < -0.39 is 11.9 Å². The molecule has 1 N–H and O–H groups in total. The van der Waals surface area contributed by atoms with Gasteiger partial charge in [-0.25, -0.2) is 0 Å². The van der Waals surface area contributed by atoms with Crippen molar-refractivity contribution in [2.45, 2.75) is 12.5 Å². The Morgan fingerprint density at radius 2 is 1.60 bits per heavy atom. The first-order valence-corrected chi connectivity index (χ1v) is 6.65. The van der Waals surface area contributed by atoms with Gasteiger partial charge in [0.15, 0.2) is 0 Å². The van der Waals surface area contributed by atoms with Crippen LogP contribution in [0.2, 0.25) is 0 Å². The third kappa shape index (κ3) is 2.35. The van der Waals surface area contributed by atoms with Crippen LogP contribution in [0.4, 0.5) is 0 Å². The molecule has 0 radical (unpaired) electrons. The Bertz CT molecular complexity index is 635. The van der Waals surface area contributed by atoms with Crippen molar-refractivity contribution in [3.8, 4) is 0 Å². The molecule has 2 aromatic rings. The Morgan fingerprint density at radius 1 is 1.00 bits per heavy atom. The first-order chi connectivity index (χ1) is 9.75. The summed E-state index contributed by atoms with van der Waals surface area (Å²) in [6.07, 6.45) is 0.485. The number of carbonyl (C=O) groups is 1. The molecule has 0 spiro atoms. The fourth-order valence-electron chi connectivity index (χ4n) is 2.63. The van der Waals surface area contributed by atoms with Crippen LogP contribution in [-0.2, 0) is 4.79 Å². The van der Waals surface area contributed by atoms with Gasteiger partial charge in [-0.05, 0) is 11.1 Å². The van der Waals surface area contributed by atoms with E-state index in [0.29, 0.717) is 6.42 Å². The minimum Gasteiger partial charge on any atom is -0.481 e. The van der Waals surface area contributed by atoms with E-state index in [4.69, 9.17) is 0 Å². The molecule has 0 bridgehead atoms. The summed E-state index contributed by atoms with van der Waals surface area (Å²) in [5.41, 5.74) is 2.86. The number of hydrogen-bond donors (Lipinski definition) is 1. The average molecular weight is 265 g/mol. The summed E-state index contributed by atoms with van der Waals surface area (Å²) < 4.78 is 0. The monoisotopic (exact) mass is 265 g/mol. The van der Waals surface area contributed by atoms with Crippen molar-refractivity contribution in [2.24, 2.45) is 10.9 Å². The van der Waals surface area contributed by atoms with Gasteiger partial charge in [0.05, 0.1) is 12.0 Å². The van der Waals surface area contributed by atoms with Gasteiger partial charge >= 0.3 is 5.97 Å². The lowest BCUT2D eigenvalue weighted by molar-refractivity contribution is -0.141. The van der Waals surface area contributed by atoms with Crippen molar-refractivity contribution in [2.75, 3.05) is 0 Å². The quantitative estimate of drug-likeness (QED) is 0.925. The van der Waals surface area contributed by atoms with Crippen molar-refractivity contribution in [1.29, 1.82) is 0 Å². The van der Waals surface area contributed by atoms with Gasteiger partial charge < -0.3 is 5.11 Å². The summed E-state index contributed by atoms with van der Waals surface area (Å²) >= 11 is 0. The Labute approximate surface area is 117 Å². The van der Waals surface area contributed by atoms with Gasteiger partial charge in [-0.15, -0.1) is 0 Å². The highest BCUT2D eigenvalue weighted by Crippen LogP contribution is 2.36. The molecule has 1 aliphatic heterocycles. The Hall–Kier alpha value is -2.42. The molecule has 0 saturated heterocycles. The van der Waals surface area contributed by atoms with Gasteiger partial charge in [-0.3, -0.25) is 9.79 Å². The minimum absolute atomic E-state index is 0.288. The predicted molar refractivity (Wildman–Crippen MR) is 77.9 cm³/mol. The molecular weight excluding hydrogens is 250 g/mol. The largest absolute Gasteiger partial charge is 0.481 e. The van der Waals surface area contributed by atoms with Crippen LogP contribution in [-0.4, -0.2) is 16.8 Å². The molecule has 3 nitrogen and oxygen atoms in total. The van der Waals surface area contributed by atoms with Crippen molar-refractivity contribution >= 4 is 11.7 Å². The van der Waals surface area contributed by atoms with Gasteiger partial charge in [0.25, 0.3) is 0 Å². The summed E-state index contributed by atoms with van der Waals surface area (Å²) in [6, 6.07) is 19.2. The van der Waals surface area contributed by atoms with Gasteiger partial charge in [-0.2, -0.15) is 0 Å². The topological polar surface area (TPSA) is 49.7 Å². The molecule has 0 fully saturated rings. The molecule has 0 amide bonds. The molecule has 0 saturated carbocycles. The highest BCUT2D eigenvalue weighted by atomic mass is 16.4. The molecule has 3 rings (SSSR count). The number of benzene rings is 2. The zero-order valence-corrected chi connectivity index (χ0v) is 10.9. The normalized spacial score (nSPS) is 21.5. The van der Waals surface area contributed by atoms with E-state index >= 15 is 0 Å². The maximum atomic E-state index is 11.5. The Morgan fingerprint density at radius 3 is 2.20 bits per heavy atom. The minimum atomic E-state index is -0.784. The SMILES string of the molecule is O=C(O)C1CC(c2ccccc2)=N[C@@H]1c1ccccc1. The molecule has 1 unspecified atom stereocenters. The van der Waals surface area contributed by atoms with Crippen molar-refractivity contribution in [1.82, 2.24) is 0 Å². The van der Waals surface area contributed by atoms with E-state index in [-0.39, 0.29) is 6.04 Å². The molecular formula is C17H15NO2. The fraction of sp³-hybridized carbons (Fsp3) is 0.176. The van der Waals surface area contributed by atoms with Crippen LogP contribution >= 0.6 is 0 Å². The number of carboxylic acids is 1. The number of hydrogen-bond acceptors (Lipinski definition) is 2. The van der Waals surface area contributed by atoms with Crippen molar-refractivity contribution in [3.05, 3.63) is 71.8 Å². The maximum absolute atomic E-state index is 11.5. The molecule has 1 heterocycles. The van der Waals surface area contributed by atoms with Gasteiger partial charge in [0.2, 0.25) is 0 Å². The average Bonchev–Trinajstić information content (AvgIpc) is 2.94. The summed E-state index contributed by atoms with van der Waals surface area (Å²) in [5.74, 6) is -1.26. The number of rotatable bonds is 3. The molecule has 100 valence electrons. The zero-order valence-electron chi connectivity index (χ0n) is 10.9. The van der Waals surface area contributed by atoms with Crippen molar-refractivity contribution < 1.29 is 9.90 Å². The van der Waals surface area contributed by atoms with Crippen LogP contribution in [0.1, 0.15) is 23.6 Å². The molecule has 2 atom stereocenters. The summed E-state index contributed by atoms with van der Waals surface area (Å²) in [5, 5.41) is 9.44. The van der Waals surface area contributed by atoms with E-state index in [9.17, 15) is 9.90 Å². The lowest BCUT2D eigenvalue weighted by atomic mass is 9.92. The Balaban J connectivity index is 1.98. The van der Waals surface area contributed by atoms with Crippen LogP contribution in [0, 0.1) is 5.92 Å². The molecule has 1 aliphatic rings. The number of carboxylic acid groups (broad SMARTS) is 1. The van der Waals surface area contributed by atoms with E-state index in [1.807, 2.05) is 60.7 Å². The third-order valence-electron chi connectivity index (χ3n) is 3.65. The fourth-order valence-corrected chi connectivity index (χ4v) is 2.63. The maximum Gasteiger partial charge on any atom is 0.309 e. The van der Waals surface area contributed by atoms with Gasteiger partial charge in [0.1, 0.15) is 0 Å².